The van der Waals surface area contributed by atoms with Crippen molar-refractivity contribution < 1.29 is 25.5 Å². The molecular weight excluding hydrogens is 369 g/mol. The summed E-state index contributed by atoms with van der Waals surface area (Å²) >= 11 is 0. The van der Waals surface area contributed by atoms with Crippen LogP contribution in [0.3, 0.4) is 0 Å². The average molecular weight is 386 g/mol. The third kappa shape index (κ3) is 3.02. The first-order chi connectivity index (χ1) is 11.4. The zero-order chi connectivity index (χ0) is 18.6. The van der Waals surface area contributed by atoms with E-state index in [1.165, 1.54) is 13.1 Å². The van der Waals surface area contributed by atoms with E-state index < -0.39 is 29.5 Å². The van der Waals surface area contributed by atoms with Crippen LogP contribution in [0.15, 0.2) is 42.5 Å². The first-order valence-corrected chi connectivity index (χ1v) is 12.1. The standard InChI is InChI=1S/C17H17F3O3SSi/c1-11-10-15(25(2,3)23-24(21,22)17(18,19)20)14-9-8-12-6-4-5-7-13(12)16(11)14/h4-10,15H,1-3H3. The van der Waals surface area contributed by atoms with E-state index in [0.29, 0.717) is 0 Å². The summed E-state index contributed by atoms with van der Waals surface area (Å²) in [6.07, 6.45) is 1.83. The number of hydrogen-bond donors (Lipinski definition) is 0. The summed E-state index contributed by atoms with van der Waals surface area (Å²) in [7, 11) is -8.90. The molecule has 1 unspecified atom stereocenters. The van der Waals surface area contributed by atoms with Crippen LogP contribution in [0.2, 0.25) is 13.1 Å². The summed E-state index contributed by atoms with van der Waals surface area (Å²) in [5.74, 6) is 0. The monoisotopic (exact) mass is 386 g/mol. The number of fused-ring (bicyclic) bond motifs is 3. The largest absolute Gasteiger partial charge is 0.522 e. The van der Waals surface area contributed by atoms with Crippen molar-refractivity contribution in [2.45, 2.75) is 31.1 Å². The van der Waals surface area contributed by atoms with Crippen molar-refractivity contribution in [3.05, 3.63) is 53.6 Å². The second-order valence-corrected chi connectivity index (χ2v) is 12.5. The van der Waals surface area contributed by atoms with Crippen molar-refractivity contribution in [2.75, 3.05) is 0 Å². The third-order valence-corrected chi connectivity index (χ3v) is 9.60. The van der Waals surface area contributed by atoms with Gasteiger partial charge in [-0.25, -0.2) is 0 Å². The van der Waals surface area contributed by atoms with Gasteiger partial charge in [-0.2, -0.15) is 21.6 Å². The van der Waals surface area contributed by atoms with Crippen molar-refractivity contribution >= 4 is 34.8 Å². The lowest BCUT2D eigenvalue weighted by Crippen LogP contribution is -2.43. The average Bonchev–Trinajstić information content (AvgIpc) is 2.83. The summed E-state index contributed by atoms with van der Waals surface area (Å²) in [6, 6.07) is 11.5. The molecule has 1 aliphatic rings. The molecule has 3 nitrogen and oxygen atoms in total. The van der Waals surface area contributed by atoms with Gasteiger partial charge in [0.25, 0.3) is 0 Å². The van der Waals surface area contributed by atoms with Crippen molar-refractivity contribution in [3.63, 3.8) is 0 Å². The van der Waals surface area contributed by atoms with Gasteiger partial charge < -0.3 is 3.87 Å². The van der Waals surface area contributed by atoms with Crippen LogP contribution in [0.4, 0.5) is 13.2 Å². The Kier molecular flexibility index (Phi) is 4.13. The molecule has 2 aromatic rings. The maximum atomic E-state index is 12.7. The van der Waals surface area contributed by atoms with Crippen LogP contribution in [0.5, 0.6) is 0 Å². The highest BCUT2D eigenvalue weighted by atomic mass is 32.2. The SMILES string of the molecule is CC1=CC([Si](C)(C)OS(=O)(=O)C(F)(F)F)c2ccc3ccccc3c21. The highest BCUT2D eigenvalue weighted by Gasteiger charge is 2.52. The molecule has 0 radical (unpaired) electrons. The molecule has 1 atom stereocenters. The van der Waals surface area contributed by atoms with E-state index in [9.17, 15) is 21.6 Å². The number of allylic oxidation sites excluding steroid dienone is 2. The highest BCUT2D eigenvalue weighted by Crippen LogP contribution is 2.45. The van der Waals surface area contributed by atoms with Crippen LogP contribution in [0.1, 0.15) is 23.6 Å². The fourth-order valence-corrected chi connectivity index (χ4v) is 8.06. The molecule has 1 aliphatic carbocycles. The smallest absolute Gasteiger partial charge is 0.307 e. The summed E-state index contributed by atoms with van der Waals surface area (Å²) in [4.78, 5) is 0. The fraction of sp³-hybridized carbons (Fsp3) is 0.294. The molecule has 0 fully saturated rings. The first-order valence-electron chi connectivity index (χ1n) is 7.66. The molecule has 0 bridgehead atoms. The van der Waals surface area contributed by atoms with Crippen molar-refractivity contribution in [3.8, 4) is 0 Å². The van der Waals surface area contributed by atoms with Gasteiger partial charge >= 0.3 is 15.6 Å². The number of rotatable bonds is 3. The van der Waals surface area contributed by atoms with Gasteiger partial charge in [0.1, 0.15) is 0 Å². The number of hydrogen-bond acceptors (Lipinski definition) is 3. The van der Waals surface area contributed by atoms with Gasteiger partial charge in [0.2, 0.25) is 8.32 Å². The molecule has 0 aromatic heterocycles. The van der Waals surface area contributed by atoms with E-state index in [2.05, 4.69) is 0 Å². The summed E-state index contributed by atoms with van der Waals surface area (Å²) in [6.45, 7) is 4.87. The molecule has 0 aliphatic heterocycles. The number of benzene rings is 2. The lowest BCUT2D eigenvalue weighted by molar-refractivity contribution is -0.0504. The quantitative estimate of drug-likeness (QED) is 0.554. The van der Waals surface area contributed by atoms with Gasteiger partial charge in [-0.1, -0.05) is 42.5 Å². The van der Waals surface area contributed by atoms with Crippen molar-refractivity contribution in [1.82, 2.24) is 0 Å². The predicted octanol–water partition coefficient (Wildman–Crippen LogP) is 4.95. The molecule has 2 aromatic carbocycles. The van der Waals surface area contributed by atoms with Gasteiger partial charge in [0.15, 0.2) is 0 Å². The zero-order valence-electron chi connectivity index (χ0n) is 13.9. The highest BCUT2D eigenvalue weighted by molar-refractivity contribution is 7.88. The summed E-state index contributed by atoms with van der Waals surface area (Å²) in [5, 5.41) is 2.03. The minimum atomic E-state index is -5.62. The third-order valence-electron chi connectivity index (χ3n) is 4.46. The van der Waals surface area contributed by atoms with E-state index in [1.54, 1.807) is 0 Å². The van der Waals surface area contributed by atoms with Gasteiger partial charge in [0.05, 0.1) is 0 Å². The normalized spacial score (nSPS) is 18.3. The fourth-order valence-electron chi connectivity index (χ4n) is 3.37. The van der Waals surface area contributed by atoms with Crippen molar-refractivity contribution in [2.24, 2.45) is 0 Å². The van der Waals surface area contributed by atoms with Gasteiger partial charge in [-0.3, -0.25) is 0 Å². The van der Waals surface area contributed by atoms with Crippen LogP contribution < -0.4 is 0 Å². The van der Waals surface area contributed by atoms with E-state index in [0.717, 1.165) is 27.5 Å². The minimum Gasteiger partial charge on any atom is -0.307 e. The van der Waals surface area contributed by atoms with Crippen molar-refractivity contribution in [1.29, 1.82) is 0 Å². The number of alkyl halides is 3. The van der Waals surface area contributed by atoms with E-state index in [4.69, 9.17) is 3.87 Å². The van der Waals surface area contributed by atoms with E-state index in [-0.39, 0.29) is 0 Å². The van der Waals surface area contributed by atoms with Crippen LogP contribution in [-0.4, -0.2) is 22.2 Å². The van der Waals surface area contributed by atoms with Gasteiger partial charge in [-0.05, 0) is 47.5 Å². The van der Waals surface area contributed by atoms with Gasteiger partial charge in [-0.15, -0.1) is 0 Å². The molecule has 0 amide bonds. The van der Waals surface area contributed by atoms with Crippen LogP contribution in [0, 0.1) is 0 Å². The Balaban J connectivity index is 2.09. The Morgan fingerprint density at radius 2 is 1.72 bits per heavy atom. The maximum absolute atomic E-state index is 12.7. The molecule has 0 spiro atoms. The molecule has 0 saturated carbocycles. The second kappa shape index (κ2) is 5.68. The Labute approximate surface area is 145 Å². The second-order valence-electron chi connectivity index (χ2n) is 6.66. The molecule has 134 valence electrons. The Hall–Kier alpha value is -1.64. The Morgan fingerprint density at radius 3 is 2.36 bits per heavy atom. The Bertz CT molecular complexity index is 978. The zero-order valence-corrected chi connectivity index (χ0v) is 15.7. The number of halogens is 3. The lowest BCUT2D eigenvalue weighted by atomic mass is 9.98. The van der Waals surface area contributed by atoms with Gasteiger partial charge in [0, 0.05) is 5.54 Å². The summed E-state index contributed by atoms with van der Waals surface area (Å²) in [5.41, 5.74) is -3.18. The molecular formula is C17H17F3O3SSi. The van der Waals surface area contributed by atoms with Crippen LogP contribution in [0.25, 0.3) is 16.3 Å². The minimum absolute atomic E-state index is 0.468. The maximum Gasteiger partial charge on any atom is 0.522 e. The predicted molar refractivity (Wildman–Crippen MR) is 93.9 cm³/mol. The van der Waals surface area contributed by atoms with Crippen LogP contribution in [-0.2, 0) is 14.0 Å². The molecule has 0 heterocycles. The topological polar surface area (TPSA) is 43.4 Å². The lowest BCUT2D eigenvalue weighted by Gasteiger charge is -2.28. The molecule has 8 heteroatoms. The summed E-state index contributed by atoms with van der Waals surface area (Å²) < 4.78 is 65.9. The van der Waals surface area contributed by atoms with Crippen LogP contribution >= 0.6 is 0 Å². The van der Waals surface area contributed by atoms with E-state index in [1.807, 2.05) is 49.4 Å². The first kappa shape index (κ1) is 18.2. The Morgan fingerprint density at radius 1 is 1.08 bits per heavy atom. The van der Waals surface area contributed by atoms with E-state index >= 15 is 0 Å². The molecule has 25 heavy (non-hydrogen) atoms. The molecule has 0 N–H and O–H groups in total. The molecule has 3 rings (SSSR count). The molecule has 0 saturated heterocycles.